The van der Waals surface area contributed by atoms with Gasteiger partial charge >= 0.3 is 0 Å². The van der Waals surface area contributed by atoms with Crippen molar-refractivity contribution in [1.29, 1.82) is 0 Å². The summed E-state index contributed by atoms with van der Waals surface area (Å²) in [5, 5.41) is 2.78. The Morgan fingerprint density at radius 3 is 2.50 bits per heavy atom. The Labute approximate surface area is 150 Å². The van der Waals surface area contributed by atoms with Gasteiger partial charge in [0.15, 0.2) is 0 Å². The van der Waals surface area contributed by atoms with E-state index in [1.165, 1.54) is 6.07 Å². The van der Waals surface area contributed by atoms with Crippen LogP contribution in [0, 0.1) is 0 Å². The summed E-state index contributed by atoms with van der Waals surface area (Å²) in [6.07, 6.45) is 0.416. The first-order valence-corrected chi connectivity index (χ1v) is 8.19. The lowest BCUT2D eigenvalue weighted by Gasteiger charge is -2.07. The molecule has 2 aromatic carbocycles. The third-order valence-electron chi connectivity index (χ3n) is 3.85. The molecule has 0 aliphatic rings. The van der Waals surface area contributed by atoms with Crippen LogP contribution in [0.1, 0.15) is 27.4 Å². The second kappa shape index (κ2) is 8.11. The van der Waals surface area contributed by atoms with Crippen molar-refractivity contribution in [2.75, 3.05) is 7.11 Å². The molecule has 6 nitrogen and oxygen atoms in total. The molecule has 0 saturated carbocycles. The first kappa shape index (κ1) is 17.4. The summed E-state index contributed by atoms with van der Waals surface area (Å²) in [5.74, 6) is 0.813. The molecule has 0 spiro atoms. The molecule has 6 heteroatoms. The first-order valence-electron chi connectivity index (χ1n) is 8.19. The van der Waals surface area contributed by atoms with Gasteiger partial charge in [0.1, 0.15) is 17.3 Å². The number of methoxy groups -OCH3 is 1. The van der Waals surface area contributed by atoms with Crippen LogP contribution in [0.5, 0.6) is 5.75 Å². The number of benzene rings is 2. The van der Waals surface area contributed by atoms with E-state index in [4.69, 9.17) is 4.74 Å². The molecule has 0 unspecified atom stereocenters. The van der Waals surface area contributed by atoms with Gasteiger partial charge in [0.2, 0.25) is 0 Å². The van der Waals surface area contributed by atoms with Crippen molar-refractivity contribution in [2.45, 2.75) is 13.0 Å². The minimum absolute atomic E-state index is 0.105. The maximum absolute atomic E-state index is 12.3. The lowest BCUT2D eigenvalue weighted by atomic mass is 10.1. The Kier molecular flexibility index (Phi) is 5.43. The summed E-state index contributed by atoms with van der Waals surface area (Å²) >= 11 is 0. The summed E-state index contributed by atoms with van der Waals surface area (Å²) < 4.78 is 5.13. The van der Waals surface area contributed by atoms with Gasteiger partial charge in [0.05, 0.1) is 7.11 Å². The highest BCUT2D eigenvalue weighted by molar-refractivity contribution is 5.92. The highest BCUT2D eigenvalue weighted by Gasteiger charge is 2.10. The number of carbonyl (C=O) groups is 1. The van der Waals surface area contributed by atoms with Gasteiger partial charge in [-0.3, -0.25) is 9.59 Å². The third-order valence-corrected chi connectivity index (χ3v) is 3.85. The Morgan fingerprint density at radius 1 is 1.08 bits per heavy atom. The molecule has 0 aliphatic carbocycles. The van der Waals surface area contributed by atoms with E-state index in [9.17, 15) is 9.59 Å². The van der Waals surface area contributed by atoms with Crippen molar-refractivity contribution in [2.24, 2.45) is 0 Å². The fraction of sp³-hybridized carbons (Fsp3) is 0.150. The van der Waals surface area contributed by atoms with Gasteiger partial charge in [-0.15, -0.1) is 0 Å². The van der Waals surface area contributed by atoms with Crippen LogP contribution < -0.4 is 15.6 Å². The summed E-state index contributed by atoms with van der Waals surface area (Å²) in [6, 6.07) is 18.2. The zero-order valence-electron chi connectivity index (χ0n) is 14.4. The van der Waals surface area contributed by atoms with Gasteiger partial charge in [-0.1, -0.05) is 42.5 Å². The summed E-state index contributed by atoms with van der Waals surface area (Å²) in [7, 11) is 1.60. The van der Waals surface area contributed by atoms with E-state index in [2.05, 4.69) is 15.3 Å². The van der Waals surface area contributed by atoms with Gasteiger partial charge in [0.25, 0.3) is 11.5 Å². The molecule has 0 radical (unpaired) electrons. The van der Waals surface area contributed by atoms with Crippen LogP contribution >= 0.6 is 0 Å². The largest absolute Gasteiger partial charge is 0.497 e. The molecule has 0 atom stereocenters. The minimum atomic E-state index is -0.379. The summed E-state index contributed by atoms with van der Waals surface area (Å²) in [6.45, 7) is 0.377. The fourth-order valence-electron chi connectivity index (χ4n) is 2.51. The predicted octanol–water partition coefficient (Wildman–Crippen LogP) is 2.30. The SMILES string of the molecule is COc1ccc(Cc2nc(C(=O)NCc3ccccc3)cc(=O)[nH]2)cc1. The average Bonchev–Trinajstić information content (AvgIpc) is 2.67. The predicted molar refractivity (Wildman–Crippen MR) is 98.3 cm³/mol. The maximum Gasteiger partial charge on any atom is 0.270 e. The highest BCUT2D eigenvalue weighted by Crippen LogP contribution is 2.13. The number of nitrogens with zero attached hydrogens (tertiary/aromatic N) is 1. The van der Waals surface area contributed by atoms with E-state index in [-0.39, 0.29) is 17.2 Å². The van der Waals surface area contributed by atoms with Gasteiger partial charge in [-0.2, -0.15) is 0 Å². The number of carbonyl (C=O) groups excluding carboxylic acids is 1. The average molecular weight is 349 g/mol. The van der Waals surface area contributed by atoms with Gasteiger partial charge in [0, 0.05) is 19.0 Å². The van der Waals surface area contributed by atoms with Crippen molar-refractivity contribution in [1.82, 2.24) is 15.3 Å². The molecule has 2 N–H and O–H groups in total. The molecule has 1 aromatic heterocycles. The van der Waals surface area contributed by atoms with E-state index in [1.54, 1.807) is 7.11 Å². The Morgan fingerprint density at radius 2 is 1.81 bits per heavy atom. The summed E-state index contributed by atoms with van der Waals surface area (Å²) in [5.41, 5.74) is 1.68. The molecule has 0 aliphatic heterocycles. The van der Waals surface area contributed by atoms with E-state index in [1.807, 2.05) is 54.6 Å². The second-order valence-corrected chi connectivity index (χ2v) is 5.77. The monoisotopic (exact) mass is 349 g/mol. The number of aromatic nitrogens is 2. The normalized spacial score (nSPS) is 10.3. The first-order chi connectivity index (χ1) is 12.6. The number of hydrogen-bond acceptors (Lipinski definition) is 4. The molecule has 1 heterocycles. The second-order valence-electron chi connectivity index (χ2n) is 5.77. The zero-order chi connectivity index (χ0) is 18.4. The zero-order valence-corrected chi connectivity index (χ0v) is 14.4. The van der Waals surface area contributed by atoms with Crippen LogP contribution in [0.15, 0.2) is 65.5 Å². The molecular formula is C20H19N3O3. The number of aromatic amines is 1. The van der Waals surface area contributed by atoms with Gasteiger partial charge in [-0.25, -0.2) is 4.98 Å². The van der Waals surface area contributed by atoms with Crippen LogP contribution in [0.4, 0.5) is 0 Å². The number of hydrogen-bond donors (Lipinski definition) is 2. The molecule has 3 rings (SSSR count). The van der Waals surface area contributed by atoms with Crippen molar-refractivity contribution in [3.8, 4) is 5.75 Å². The van der Waals surface area contributed by atoms with Crippen LogP contribution in [0.3, 0.4) is 0 Å². The molecule has 3 aromatic rings. The topological polar surface area (TPSA) is 84.1 Å². The van der Waals surface area contributed by atoms with Crippen molar-refractivity contribution >= 4 is 5.91 Å². The van der Waals surface area contributed by atoms with E-state index >= 15 is 0 Å². The Balaban J connectivity index is 1.72. The van der Waals surface area contributed by atoms with Crippen LogP contribution in [-0.4, -0.2) is 23.0 Å². The minimum Gasteiger partial charge on any atom is -0.497 e. The molecular weight excluding hydrogens is 330 g/mol. The Bertz CT molecular complexity index is 935. The van der Waals surface area contributed by atoms with Crippen molar-refractivity contribution < 1.29 is 9.53 Å². The number of ether oxygens (including phenoxy) is 1. The summed E-state index contributed by atoms with van der Waals surface area (Å²) in [4.78, 5) is 31.2. The highest BCUT2D eigenvalue weighted by atomic mass is 16.5. The van der Waals surface area contributed by atoms with Crippen LogP contribution in [0.25, 0.3) is 0 Å². The lowest BCUT2D eigenvalue weighted by molar-refractivity contribution is 0.0945. The molecule has 26 heavy (non-hydrogen) atoms. The Hall–Kier alpha value is -3.41. The number of rotatable bonds is 6. The molecule has 0 fully saturated rings. The van der Waals surface area contributed by atoms with E-state index < -0.39 is 0 Å². The van der Waals surface area contributed by atoms with Crippen molar-refractivity contribution in [3.63, 3.8) is 0 Å². The number of amides is 1. The molecule has 1 amide bonds. The number of H-pyrrole nitrogens is 1. The van der Waals surface area contributed by atoms with Gasteiger partial charge in [-0.05, 0) is 23.3 Å². The van der Waals surface area contributed by atoms with Crippen LogP contribution in [0.2, 0.25) is 0 Å². The standard InChI is InChI=1S/C20H19N3O3/c1-26-16-9-7-14(8-10-16)11-18-22-17(12-19(24)23-18)20(25)21-13-15-5-3-2-4-6-15/h2-10,12H,11,13H2,1H3,(H,21,25)(H,22,23,24). The van der Waals surface area contributed by atoms with E-state index in [0.717, 1.165) is 16.9 Å². The smallest absolute Gasteiger partial charge is 0.270 e. The van der Waals surface area contributed by atoms with E-state index in [0.29, 0.717) is 18.8 Å². The number of nitrogens with one attached hydrogen (secondary N) is 2. The molecule has 0 saturated heterocycles. The third kappa shape index (κ3) is 4.57. The molecule has 0 bridgehead atoms. The lowest BCUT2D eigenvalue weighted by Crippen LogP contribution is -2.26. The fourth-order valence-corrected chi connectivity index (χ4v) is 2.51. The maximum atomic E-state index is 12.3. The quantitative estimate of drug-likeness (QED) is 0.715. The van der Waals surface area contributed by atoms with Crippen molar-refractivity contribution in [3.05, 3.63) is 93.7 Å². The molecule has 132 valence electrons. The van der Waals surface area contributed by atoms with Crippen LogP contribution in [-0.2, 0) is 13.0 Å². The van der Waals surface area contributed by atoms with Gasteiger partial charge < -0.3 is 15.0 Å².